The van der Waals surface area contributed by atoms with Crippen LogP contribution < -0.4 is 22.1 Å². The number of hydrogen-bond acceptors (Lipinski definition) is 10. The summed E-state index contributed by atoms with van der Waals surface area (Å²) in [4.78, 5) is 20.1. The number of unbranched alkanes of at least 4 members (excludes halogenated alkanes) is 2. The second kappa shape index (κ2) is 10.8. The normalized spacial score (nSPS) is 24.4. The number of hydrogen-bond donors (Lipinski definition) is 7. The molecule has 3 rings (SSSR count). The average molecular weight is 438 g/mol. The Balaban J connectivity index is 1.51. The van der Waals surface area contributed by atoms with E-state index in [0.717, 1.165) is 24.6 Å². The third-order valence-electron chi connectivity index (χ3n) is 5.34. The fraction of sp³-hybridized carbons (Fsp3) is 0.632. The summed E-state index contributed by atoms with van der Waals surface area (Å²) in [5, 5.41) is 36.4. The van der Waals surface area contributed by atoms with Crippen LogP contribution in [0.5, 0.6) is 0 Å². The van der Waals surface area contributed by atoms with Gasteiger partial charge in [0.15, 0.2) is 6.23 Å². The molecule has 31 heavy (non-hydrogen) atoms. The fourth-order valence-corrected chi connectivity index (χ4v) is 3.51. The molecule has 1 saturated heterocycles. The molecule has 1 amide bonds. The Morgan fingerprint density at radius 2 is 2.00 bits per heavy atom. The van der Waals surface area contributed by atoms with Crippen molar-refractivity contribution < 1.29 is 24.9 Å². The van der Waals surface area contributed by atoms with Crippen molar-refractivity contribution in [2.45, 2.75) is 49.8 Å². The van der Waals surface area contributed by atoms with Crippen LogP contribution in [0.2, 0.25) is 0 Å². The number of nitrogens with zero attached hydrogens (tertiary/aromatic N) is 3. The van der Waals surface area contributed by atoms with Gasteiger partial charge in [0, 0.05) is 25.8 Å². The van der Waals surface area contributed by atoms with Crippen molar-refractivity contribution in [3.05, 3.63) is 18.6 Å². The van der Waals surface area contributed by atoms with Crippen LogP contribution in [0.25, 0.3) is 11.0 Å². The minimum atomic E-state index is -1.18. The van der Waals surface area contributed by atoms with E-state index in [1.54, 1.807) is 10.8 Å². The van der Waals surface area contributed by atoms with Gasteiger partial charge in [-0.2, -0.15) is 0 Å². The highest BCUT2D eigenvalue weighted by atomic mass is 16.6. The summed E-state index contributed by atoms with van der Waals surface area (Å²) < 4.78 is 7.22. The molecule has 9 N–H and O–H groups in total. The van der Waals surface area contributed by atoms with E-state index in [1.807, 2.05) is 6.07 Å². The monoisotopic (exact) mass is 437 g/mol. The Hall–Kier alpha value is -2.35. The molecule has 2 aromatic rings. The lowest BCUT2D eigenvalue weighted by Crippen LogP contribution is -2.45. The van der Waals surface area contributed by atoms with Gasteiger partial charge in [-0.25, -0.2) is 9.97 Å². The third-order valence-corrected chi connectivity index (χ3v) is 5.34. The van der Waals surface area contributed by atoms with Crippen LogP contribution in [-0.2, 0) is 9.53 Å². The molecule has 3 heterocycles. The lowest BCUT2D eigenvalue weighted by atomic mass is 10.1. The van der Waals surface area contributed by atoms with E-state index < -0.39 is 30.6 Å². The van der Waals surface area contributed by atoms with Crippen LogP contribution in [0.1, 0.15) is 25.5 Å². The first kappa shape index (κ1) is 23.3. The number of nitrogens with two attached hydrogens (primary N) is 2. The zero-order chi connectivity index (χ0) is 22.4. The predicted molar refractivity (Wildman–Crippen MR) is 113 cm³/mol. The molecule has 12 heteroatoms. The van der Waals surface area contributed by atoms with Gasteiger partial charge in [-0.15, -0.1) is 0 Å². The van der Waals surface area contributed by atoms with Crippen molar-refractivity contribution in [2.75, 3.05) is 31.6 Å². The van der Waals surface area contributed by atoms with Crippen LogP contribution in [0.3, 0.4) is 0 Å². The number of carbonyl (C=O) groups is 1. The molecule has 0 saturated carbocycles. The maximum Gasteiger partial charge on any atom is 0.238 e. The highest BCUT2D eigenvalue weighted by Crippen LogP contribution is 2.32. The van der Waals surface area contributed by atoms with E-state index in [4.69, 9.17) is 16.2 Å². The maximum absolute atomic E-state index is 11.5. The Morgan fingerprint density at radius 3 is 2.71 bits per heavy atom. The Kier molecular flexibility index (Phi) is 8.12. The van der Waals surface area contributed by atoms with Crippen LogP contribution in [0, 0.1) is 0 Å². The quantitative estimate of drug-likeness (QED) is 0.194. The SMILES string of the molecule is NC[C@@H](N)C(=O)NCCCCCNc1ncnc2c1ccn2[C@@H]1O[C@H](CO)[C@@H](O)[C@H]1O. The molecule has 2 aromatic heterocycles. The van der Waals surface area contributed by atoms with E-state index in [2.05, 4.69) is 20.6 Å². The second-order valence-corrected chi connectivity index (χ2v) is 7.53. The number of aromatic nitrogens is 3. The standard InChI is InChI=1S/C19H31N7O5/c20-8-12(21)18(30)23-6-3-1-2-5-22-16-11-4-7-26(17(11)25-10-24-16)19-15(29)14(28)13(9-27)31-19/h4,7,10,12-15,19,27-29H,1-3,5-6,8-9,20-21H2,(H,23,30)(H,22,24,25)/t12-,13-,14-,15-,19-/m1/s1. The smallest absolute Gasteiger partial charge is 0.238 e. The van der Waals surface area contributed by atoms with Crippen molar-refractivity contribution in [1.82, 2.24) is 19.9 Å². The number of rotatable bonds is 11. The zero-order valence-electron chi connectivity index (χ0n) is 17.2. The van der Waals surface area contributed by atoms with Gasteiger partial charge in [-0.3, -0.25) is 4.79 Å². The molecule has 0 aliphatic carbocycles. The zero-order valence-corrected chi connectivity index (χ0v) is 17.2. The second-order valence-electron chi connectivity index (χ2n) is 7.53. The lowest BCUT2D eigenvalue weighted by Gasteiger charge is -2.17. The number of nitrogens with one attached hydrogen (secondary N) is 2. The van der Waals surface area contributed by atoms with E-state index >= 15 is 0 Å². The molecule has 1 aliphatic rings. The molecule has 1 fully saturated rings. The minimum absolute atomic E-state index is 0.124. The van der Waals surface area contributed by atoms with Gasteiger partial charge in [-0.05, 0) is 25.3 Å². The number of aliphatic hydroxyl groups excluding tert-OH is 3. The van der Waals surface area contributed by atoms with Crippen LogP contribution in [0.15, 0.2) is 18.6 Å². The number of amides is 1. The molecule has 0 radical (unpaired) electrons. The molecule has 1 aliphatic heterocycles. The lowest BCUT2D eigenvalue weighted by molar-refractivity contribution is -0.122. The maximum atomic E-state index is 11.5. The van der Waals surface area contributed by atoms with Crippen molar-refractivity contribution in [3.63, 3.8) is 0 Å². The topological polar surface area (TPSA) is 194 Å². The highest BCUT2D eigenvalue weighted by Gasteiger charge is 2.43. The Bertz CT molecular complexity index is 863. The summed E-state index contributed by atoms with van der Waals surface area (Å²) in [6, 6.07) is 1.14. The number of fused-ring (bicyclic) bond motifs is 1. The van der Waals surface area contributed by atoms with Gasteiger partial charge in [0.1, 0.15) is 36.1 Å². The van der Waals surface area contributed by atoms with Crippen LogP contribution in [0.4, 0.5) is 5.82 Å². The first-order valence-corrected chi connectivity index (χ1v) is 10.4. The third kappa shape index (κ3) is 5.29. The molecular weight excluding hydrogens is 406 g/mol. The molecule has 5 atom stereocenters. The van der Waals surface area contributed by atoms with Gasteiger partial charge < -0.3 is 46.7 Å². The Morgan fingerprint density at radius 1 is 1.23 bits per heavy atom. The van der Waals surface area contributed by atoms with Crippen LogP contribution in [-0.4, -0.2) is 86.4 Å². The number of ether oxygens (including phenoxy) is 1. The van der Waals surface area contributed by atoms with Gasteiger partial charge in [0.2, 0.25) is 5.91 Å². The van der Waals surface area contributed by atoms with Gasteiger partial charge in [0.05, 0.1) is 18.0 Å². The van der Waals surface area contributed by atoms with E-state index in [1.165, 1.54) is 6.33 Å². The van der Waals surface area contributed by atoms with E-state index in [9.17, 15) is 20.1 Å². The van der Waals surface area contributed by atoms with Gasteiger partial charge in [0.25, 0.3) is 0 Å². The predicted octanol–water partition coefficient (Wildman–Crippen LogP) is -1.97. The highest BCUT2D eigenvalue weighted by molar-refractivity contribution is 5.87. The van der Waals surface area contributed by atoms with E-state index in [0.29, 0.717) is 24.6 Å². The summed E-state index contributed by atoms with van der Waals surface area (Å²) in [6.45, 7) is 0.970. The molecule has 12 nitrogen and oxygen atoms in total. The van der Waals surface area contributed by atoms with Crippen molar-refractivity contribution in [3.8, 4) is 0 Å². The molecule has 172 valence electrons. The summed E-state index contributed by atoms with van der Waals surface area (Å²) in [7, 11) is 0. The minimum Gasteiger partial charge on any atom is -0.394 e. The molecular formula is C19H31N7O5. The van der Waals surface area contributed by atoms with Crippen molar-refractivity contribution in [2.24, 2.45) is 11.5 Å². The van der Waals surface area contributed by atoms with Crippen molar-refractivity contribution in [1.29, 1.82) is 0 Å². The van der Waals surface area contributed by atoms with Crippen LogP contribution >= 0.6 is 0 Å². The molecule has 0 spiro atoms. The summed E-state index contributed by atoms with van der Waals surface area (Å²) in [6.07, 6.45) is 1.66. The molecule has 0 aromatic carbocycles. The number of aliphatic hydroxyl groups is 3. The van der Waals surface area contributed by atoms with Crippen molar-refractivity contribution >= 4 is 22.8 Å². The summed E-state index contributed by atoms with van der Waals surface area (Å²) >= 11 is 0. The molecule has 0 unspecified atom stereocenters. The first-order valence-electron chi connectivity index (χ1n) is 10.4. The molecule has 0 bridgehead atoms. The van der Waals surface area contributed by atoms with Gasteiger partial charge >= 0.3 is 0 Å². The first-order chi connectivity index (χ1) is 15.0. The summed E-state index contributed by atoms with van der Waals surface area (Å²) in [5.74, 6) is 0.417. The van der Waals surface area contributed by atoms with Gasteiger partial charge in [-0.1, -0.05) is 0 Å². The average Bonchev–Trinajstić information content (AvgIpc) is 3.33. The fourth-order valence-electron chi connectivity index (χ4n) is 3.51. The Labute approximate surface area is 179 Å². The number of carbonyl (C=O) groups excluding carboxylic acids is 1. The summed E-state index contributed by atoms with van der Waals surface area (Å²) in [5.41, 5.74) is 11.5. The number of anilines is 1. The largest absolute Gasteiger partial charge is 0.394 e. The van der Waals surface area contributed by atoms with E-state index in [-0.39, 0.29) is 19.1 Å².